The van der Waals surface area contributed by atoms with Crippen LogP contribution in [0.25, 0.3) is 0 Å². The second kappa shape index (κ2) is 23.9. The van der Waals surface area contributed by atoms with Gasteiger partial charge in [-0.25, -0.2) is 0 Å². The van der Waals surface area contributed by atoms with Crippen LogP contribution in [0.15, 0.2) is 46.9 Å². The normalized spacial score (nSPS) is 10.5. The predicted octanol–water partition coefficient (Wildman–Crippen LogP) is 3.97. The molecule has 0 atom stereocenters. The molecule has 2 aromatic carbocycles. The van der Waals surface area contributed by atoms with Gasteiger partial charge in [-0.05, 0) is 70.2 Å². The first-order valence-corrected chi connectivity index (χ1v) is 13.6. The van der Waals surface area contributed by atoms with E-state index in [0.29, 0.717) is 54.0 Å². The summed E-state index contributed by atoms with van der Waals surface area (Å²) in [5.41, 5.74) is 12.2. The summed E-state index contributed by atoms with van der Waals surface area (Å²) in [4.78, 5) is 4.06. The molecule has 0 amide bonds. The number of aliphatic hydroxyl groups excluding tert-OH is 4. The number of nitrogens with two attached hydrogens (primary N) is 2. The highest BCUT2D eigenvalue weighted by molar-refractivity contribution is 9.10. The molecule has 0 radical (unpaired) electrons. The summed E-state index contributed by atoms with van der Waals surface area (Å²) in [6.45, 7) is 11.5. The summed E-state index contributed by atoms with van der Waals surface area (Å²) in [7, 11) is 0. The van der Waals surface area contributed by atoms with Crippen molar-refractivity contribution >= 4 is 50.5 Å². The van der Waals surface area contributed by atoms with Crippen molar-refractivity contribution in [3.05, 3.63) is 57.0 Å². The standard InChI is InChI=1S/2C7H17NO2.C6H6BrN.C6H5Cl2N/c2*1-7(2)8(3-5-9)4-6-10;7-5-1-3-6(8)4-2-5;7-5-2-1-4(9)3-6(5)8/h2*7,9-10H,3-6H2,1-2H3;1-4H,8H2;1-3H,9H2. The van der Waals surface area contributed by atoms with Crippen LogP contribution >= 0.6 is 39.1 Å². The number of nitrogen functional groups attached to an aromatic ring is 2. The molecule has 2 rings (SSSR count). The summed E-state index contributed by atoms with van der Waals surface area (Å²) in [5, 5.41) is 35.4. The Hall–Kier alpha value is -1.14. The van der Waals surface area contributed by atoms with Crippen molar-refractivity contribution < 1.29 is 20.4 Å². The topological polar surface area (TPSA) is 139 Å². The second-order valence-electron chi connectivity index (χ2n) is 8.38. The second-order valence-corrected chi connectivity index (χ2v) is 10.1. The van der Waals surface area contributed by atoms with Crippen molar-refractivity contribution in [2.45, 2.75) is 39.8 Å². The molecule has 0 fully saturated rings. The molecule has 0 aliphatic carbocycles. The van der Waals surface area contributed by atoms with E-state index in [0.717, 1.165) is 10.2 Å². The maximum atomic E-state index is 8.59. The van der Waals surface area contributed by atoms with Gasteiger partial charge in [-0.2, -0.15) is 0 Å². The number of halogens is 3. The lowest BCUT2D eigenvalue weighted by molar-refractivity contribution is 0.135. The number of aliphatic hydroxyl groups is 4. The number of rotatable bonds is 10. The van der Waals surface area contributed by atoms with Gasteiger partial charge in [-0.1, -0.05) is 39.1 Å². The van der Waals surface area contributed by atoms with Crippen molar-refractivity contribution in [1.82, 2.24) is 9.80 Å². The van der Waals surface area contributed by atoms with Crippen LogP contribution in [-0.4, -0.2) is 94.9 Å². The Labute approximate surface area is 240 Å². The first-order valence-electron chi connectivity index (χ1n) is 12.1. The van der Waals surface area contributed by atoms with Crippen LogP contribution in [-0.2, 0) is 0 Å². The van der Waals surface area contributed by atoms with Crippen molar-refractivity contribution in [3.63, 3.8) is 0 Å². The lowest BCUT2D eigenvalue weighted by Crippen LogP contribution is -2.35. The molecule has 0 aliphatic heterocycles. The Bertz CT molecular complexity index is 750. The molecular formula is C26H45BrCl2N4O4. The SMILES string of the molecule is CC(C)N(CCO)CCO.CC(C)N(CCO)CCO.Nc1ccc(Br)cc1.Nc1ccc(Cl)c(Cl)c1. The summed E-state index contributed by atoms with van der Waals surface area (Å²) in [6.07, 6.45) is 0. The molecule has 0 bridgehead atoms. The minimum atomic E-state index is 0.165. The molecule has 37 heavy (non-hydrogen) atoms. The minimum absolute atomic E-state index is 0.165. The molecule has 11 heteroatoms. The fourth-order valence-electron chi connectivity index (χ4n) is 2.75. The average Bonchev–Trinajstić information content (AvgIpc) is 2.84. The van der Waals surface area contributed by atoms with E-state index in [2.05, 4.69) is 15.9 Å². The molecule has 0 aliphatic rings. The average molecular weight is 628 g/mol. The first-order chi connectivity index (χ1) is 17.4. The highest BCUT2D eigenvalue weighted by Gasteiger charge is 2.06. The molecule has 0 unspecified atom stereocenters. The number of nitrogens with zero attached hydrogens (tertiary/aromatic N) is 2. The lowest BCUT2D eigenvalue weighted by atomic mass is 10.3. The van der Waals surface area contributed by atoms with Crippen molar-refractivity contribution in [1.29, 1.82) is 0 Å². The largest absolute Gasteiger partial charge is 0.399 e. The summed E-state index contributed by atoms with van der Waals surface area (Å²) in [6, 6.07) is 13.3. The van der Waals surface area contributed by atoms with Gasteiger partial charge in [0.15, 0.2) is 0 Å². The fourth-order valence-corrected chi connectivity index (χ4v) is 3.32. The van der Waals surface area contributed by atoms with E-state index >= 15 is 0 Å². The molecule has 214 valence electrons. The molecule has 0 spiro atoms. The molecule has 0 saturated heterocycles. The smallest absolute Gasteiger partial charge is 0.0612 e. The van der Waals surface area contributed by atoms with Crippen molar-refractivity contribution in [2.24, 2.45) is 0 Å². The van der Waals surface area contributed by atoms with Crippen LogP contribution in [0.3, 0.4) is 0 Å². The van der Waals surface area contributed by atoms with Gasteiger partial charge in [0.05, 0.1) is 36.5 Å². The van der Waals surface area contributed by atoms with Gasteiger partial charge < -0.3 is 31.9 Å². The zero-order valence-corrected chi connectivity index (χ0v) is 25.4. The van der Waals surface area contributed by atoms with Gasteiger partial charge in [-0.15, -0.1) is 0 Å². The maximum absolute atomic E-state index is 8.59. The molecule has 0 aromatic heterocycles. The molecule has 2 aromatic rings. The zero-order valence-electron chi connectivity index (χ0n) is 22.3. The molecule has 0 saturated carbocycles. The van der Waals surface area contributed by atoms with E-state index in [1.54, 1.807) is 18.2 Å². The van der Waals surface area contributed by atoms with Crippen LogP contribution in [0.2, 0.25) is 10.0 Å². The van der Waals surface area contributed by atoms with Crippen LogP contribution in [0.1, 0.15) is 27.7 Å². The monoisotopic (exact) mass is 626 g/mol. The Morgan fingerprint density at radius 2 is 1.00 bits per heavy atom. The lowest BCUT2D eigenvalue weighted by Gasteiger charge is -2.24. The Balaban J connectivity index is 0. The predicted molar refractivity (Wildman–Crippen MR) is 161 cm³/mol. The molecule has 8 nitrogen and oxygen atoms in total. The van der Waals surface area contributed by atoms with Gasteiger partial charge in [0.2, 0.25) is 0 Å². The molecule has 0 heterocycles. The van der Waals surface area contributed by atoms with Crippen LogP contribution in [0.5, 0.6) is 0 Å². The van der Waals surface area contributed by atoms with Crippen molar-refractivity contribution in [3.8, 4) is 0 Å². The Morgan fingerprint density at radius 3 is 1.24 bits per heavy atom. The highest BCUT2D eigenvalue weighted by atomic mass is 79.9. The van der Waals surface area contributed by atoms with E-state index in [1.165, 1.54) is 0 Å². The molecule has 8 N–H and O–H groups in total. The third-order valence-electron chi connectivity index (χ3n) is 4.82. The van der Waals surface area contributed by atoms with E-state index in [4.69, 9.17) is 55.1 Å². The fraction of sp³-hybridized carbons (Fsp3) is 0.538. The third-order valence-corrected chi connectivity index (χ3v) is 6.09. The van der Waals surface area contributed by atoms with Crippen molar-refractivity contribution in [2.75, 3.05) is 64.1 Å². The molecular weight excluding hydrogens is 583 g/mol. The third kappa shape index (κ3) is 21.5. The quantitative estimate of drug-likeness (QED) is 0.218. The maximum Gasteiger partial charge on any atom is 0.0612 e. The number of hydrogen-bond donors (Lipinski definition) is 6. The van der Waals surface area contributed by atoms with Gasteiger partial charge in [0.1, 0.15) is 0 Å². The van der Waals surface area contributed by atoms with Crippen LogP contribution in [0.4, 0.5) is 11.4 Å². The number of benzene rings is 2. The van der Waals surface area contributed by atoms with E-state index in [1.807, 2.05) is 61.8 Å². The van der Waals surface area contributed by atoms with Gasteiger partial charge in [0, 0.05) is 54.1 Å². The summed E-state index contributed by atoms with van der Waals surface area (Å²) >= 11 is 14.5. The Kier molecular flexibility index (Phi) is 24.6. The first kappa shape index (κ1) is 38.0. The van der Waals surface area contributed by atoms with Crippen LogP contribution in [0, 0.1) is 0 Å². The number of anilines is 2. The van der Waals surface area contributed by atoms with Gasteiger partial charge in [0.25, 0.3) is 0 Å². The van der Waals surface area contributed by atoms with E-state index in [9.17, 15) is 0 Å². The number of hydrogen-bond acceptors (Lipinski definition) is 8. The summed E-state index contributed by atoms with van der Waals surface area (Å²) < 4.78 is 1.06. The van der Waals surface area contributed by atoms with E-state index in [-0.39, 0.29) is 26.4 Å². The highest BCUT2D eigenvalue weighted by Crippen LogP contribution is 2.23. The zero-order chi connectivity index (χ0) is 28.8. The Morgan fingerprint density at radius 1 is 0.649 bits per heavy atom. The summed E-state index contributed by atoms with van der Waals surface area (Å²) in [5.74, 6) is 0. The van der Waals surface area contributed by atoms with E-state index < -0.39 is 0 Å². The van der Waals surface area contributed by atoms with Gasteiger partial charge in [-0.3, -0.25) is 9.80 Å². The van der Waals surface area contributed by atoms with Gasteiger partial charge >= 0.3 is 0 Å². The minimum Gasteiger partial charge on any atom is -0.399 e. The van der Waals surface area contributed by atoms with Crippen LogP contribution < -0.4 is 11.5 Å².